The fraction of sp³-hybridized carbons (Fsp3) is 0.400. The predicted octanol–water partition coefficient (Wildman–Crippen LogP) is 3.67. The SMILES string of the molecule is CNc1nc(C(C)(C)C)nc(Sc2ccccn2)c1C. The van der Waals surface area contributed by atoms with Crippen LogP contribution in [0.4, 0.5) is 5.82 Å². The van der Waals surface area contributed by atoms with Gasteiger partial charge >= 0.3 is 0 Å². The van der Waals surface area contributed by atoms with E-state index in [1.807, 2.05) is 32.2 Å². The third-order valence-corrected chi connectivity index (χ3v) is 3.89. The Bertz CT molecular complexity index is 591. The van der Waals surface area contributed by atoms with Gasteiger partial charge in [-0.05, 0) is 30.8 Å². The lowest BCUT2D eigenvalue weighted by Crippen LogP contribution is -2.18. The van der Waals surface area contributed by atoms with Gasteiger partial charge in [0.1, 0.15) is 21.7 Å². The molecule has 2 heterocycles. The van der Waals surface area contributed by atoms with Gasteiger partial charge in [0.25, 0.3) is 0 Å². The average molecular weight is 288 g/mol. The maximum Gasteiger partial charge on any atom is 0.137 e. The highest BCUT2D eigenvalue weighted by Crippen LogP contribution is 2.32. The molecule has 2 rings (SSSR count). The summed E-state index contributed by atoms with van der Waals surface area (Å²) >= 11 is 1.57. The molecule has 5 heteroatoms. The molecule has 20 heavy (non-hydrogen) atoms. The van der Waals surface area contributed by atoms with Gasteiger partial charge in [-0.1, -0.05) is 26.8 Å². The Kier molecular flexibility index (Phi) is 4.28. The lowest BCUT2D eigenvalue weighted by atomic mass is 9.95. The van der Waals surface area contributed by atoms with Crippen molar-refractivity contribution >= 4 is 17.6 Å². The second kappa shape index (κ2) is 5.79. The van der Waals surface area contributed by atoms with Gasteiger partial charge in [0.15, 0.2) is 0 Å². The molecule has 0 atom stereocenters. The molecule has 4 nitrogen and oxygen atoms in total. The summed E-state index contributed by atoms with van der Waals surface area (Å²) in [5.41, 5.74) is 0.967. The summed E-state index contributed by atoms with van der Waals surface area (Å²) in [6.07, 6.45) is 1.79. The van der Waals surface area contributed by atoms with Gasteiger partial charge in [0.05, 0.1) is 0 Å². The minimum Gasteiger partial charge on any atom is -0.373 e. The largest absolute Gasteiger partial charge is 0.373 e. The molecular weight excluding hydrogens is 268 g/mol. The van der Waals surface area contributed by atoms with Crippen molar-refractivity contribution in [2.75, 3.05) is 12.4 Å². The first-order valence-electron chi connectivity index (χ1n) is 6.57. The van der Waals surface area contributed by atoms with Crippen molar-refractivity contribution < 1.29 is 0 Å². The van der Waals surface area contributed by atoms with Crippen molar-refractivity contribution in [3.05, 3.63) is 35.8 Å². The van der Waals surface area contributed by atoms with E-state index in [1.165, 1.54) is 0 Å². The minimum atomic E-state index is -0.0846. The molecule has 0 aliphatic carbocycles. The Morgan fingerprint density at radius 3 is 2.45 bits per heavy atom. The number of hydrogen-bond donors (Lipinski definition) is 1. The standard InChI is InChI=1S/C15H20N4S/c1-10-12(16-5)18-14(15(2,3)4)19-13(10)20-11-8-6-7-9-17-11/h6-9H,1-5H3,(H,16,18,19). The normalized spacial score (nSPS) is 11.4. The molecule has 2 aromatic heterocycles. The lowest BCUT2D eigenvalue weighted by molar-refractivity contribution is 0.538. The maximum atomic E-state index is 4.72. The molecule has 0 aliphatic heterocycles. The Labute approximate surface area is 124 Å². The molecule has 0 unspecified atom stereocenters. The minimum absolute atomic E-state index is 0.0846. The predicted molar refractivity (Wildman–Crippen MR) is 83.4 cm³/mol. The Morgan fingerprint density at radius 2 is 1.90 bits per heavy atom. The zero-order chi connectivity index (χ0) is 14.8. The number of aromatic nitrogens is 3. The van der Waals surface area contributed by atoms with Crippen molar-refractivity contribution in [2.24, 2.45) is 0 Å². The van der Waals surface area contributed by atoms with Crippen LogP contribution in [0.5, 0.6) is 0 Å². The van der Waals surface area contributed by atoms with E-state index in [9.17, 15) is 0 Å². The third-order valence-electron chi connectivity index (χ3n) is 2.85. The van der Waals surface area contributed by atoms with Gasteiger partial charge in [-0.3, -0.25) is 0 Å². The Hall–Kier alpha value is -1.62. The van der Waals surface area contributed by atoms with E-state index in [4.69, 9.17) is 4.98 Å². The highest BCUT2D eigenvalue weighted by Gasteiger charge is 2.21. The molecule has 0 bridgehead atoms. The first-order chi connectivity index (χ1) is 9.41. The zero-order valence-electron chi connectivity index (χ0n) is 12.6. The fourth-order valence-electron chi connectivity index (χ4n) is 1.68. The van der Waals surface area contributed by atoms with Gasteiger partial charge in [0, 0.05) is 24.2 Å². The summed E-state index contributed by atoms with van der Waals surface area (Å²) in [5, 5.41) is 5.04. The van der Waals surface area contributed by atoms with Gasteiger partial charge in [-0.25, -0.2) is 15.0 Å². The summed E-state index contributed by atoms with van der Waals surface area (Å²) in [5.74, 6) is 1.72. The Morgan fingerprint density at radius 1 is 1.15 bits per heavy atom. The fourth-order valence-corrected chi connectivity index (χ4v) is 2.52. The van der Waals surface area contributed by atoms with Gasteiger partial charge in [-0.2, -0.15) is 0 Å². The summed E-state index contributed by atoms with van der Waals surface area (Å²) in [4.78, 5) is 13.7. The highest BCUT2D eigenvalue weighted by atomic mass is 32.2. The smallest absolute Gasteiger partial charge is 0.137 e. The van der Waals surface area contributed by atoms with Crippen molar-refractivity contribution in [1.29, 1.82) is 0 Å². The van der Waals surface area contributed by atoms with E-state index in [2.05, 4.69) is 36.1 Å². The van der Waals surface area contributed by atoms with Crippen LogP contribution in [0.2, 0.25) is 0 Å². The second-order valence-corrected chi connectivity index (χ2v) is 6.61. The number of rotatable bonds is 3. The molecule has 0 amide bonds. The quantitative estimate of drug-likeness (QED) is 0.873. The molecule has 2 aromatic rings. The van der Waals surface area contributed by atoms with Crippen LogP contribution in [0.1, 0.15) is 32.2 Å². The lowest BCUT2D eigenvalue weighted by Gasteiger charge is -2.20. The number of nitrogens with zero attached hydrogens (tertiary/aromatic N) is 3. The molecule has 0 aromatic carbocycles. The van der Waals surface area contributed by atoms with E-state index in [1.54, 1.807) is 18.0 Å². The van der Waals surface area contributed by atoms with E-state index in [-0.39, 0.29) is 5.41 Å². The third kappa shape index (κ3) is 3.28. The summed E-state index contributed by atoms with van der Waals surface area (Å²) < 4.78 is 0. The first-order valence-corrected chi connectivity index (χ1v) is 7.39. The zero-order valence-corrected chi connectivity index (χ0v) is 13.4. The van der Waals surface area contributed by atoms with Crippen LogP contribution in [0, 0.1) is 6.92 Å². The topological polar surface area (TPSA) is 50.7 Å². The number of nitrogens with one attached hydrogen (secondary N) is 1. The molecule has 0 saturated heterocycles. The van der Waals surface area contributed by atoms with Crippen LogP contribution < -0.4 is 5.32 Å². The van der Waals surface area contributed by atoms with Crippen molar-refractivity contribution in [2.45, 2.75) is 43.2 Å². The van der Waals surface area contributed by atoms with E-state index < -0.39 is 0 Å². The molecule has 1 N–H and O–H groups in total. The Balaban J connectivity index is 2.46. The summed E-state index contributed by atoms with van der Waals surface area (Å²) in [7, 11) is 1.89. The second-order valence-electron chi connectivity index (χ2n) is 5.60. The average Bonchev–Trinajstić information content (AvgIpc) is 2.41. The maximum absolute atomic E-state index is 4.72. The molecule has 0 radical (unpaired) electrons. The van der Waals surface area contributed by atoms with Crippen LogP contribution in [0.15, 0.2) is 34.4 Å². The molecular formula is C15H20N4S. The molecule has 0 aliphatic rings. The number of hydrogen-bond acceptors (Lipinski definition) is 5. The van der Waals surface area contributed by atoms with Crippen molar-refractivity contribution in [1.82, 2.24) is 15.0 Å². The molecule has 0 spiro atoms. The summed E-state index contributed by atoms with van der Waals surface area (Å²) in [6, 6.07) is 5.88. The molecule has 106 valence electrons. The molecule has 0 fully saturated rings. The van der Waals surface area contributed by atoms with Gasteiger partial charge in [0.2, 0.25) is 0 Å². The highest BCUT2D eigenvalue weighted by molar-refractivity contribution is 7.99. The number of pyridine rings is 1. The summed E-state index contributed by atoms with van der Waals surface area (Å²) in [6.45, 7) is 8.38. The van der Waals surface area contributed by atoms with Crippen molar-refractivity contribution in [3.63, 3.8) is 0 Å². The van der Waals surface area contributed by atoms with Crippen LogP contribution in [0.25, 0.3) is 0 Å². The number of anilines is 1. The van der Waals surface area contributed by atoms with Crippen LogP contribution in [0.3, 0.4) is 0 Å². The van der Waals surface area contributed by atoms with Crippen LogP contribution >= 0.6 is 11.8 Å². The van der Waals surface area contributed by atoms with Gasteiger partial charge < -0.3 is 5.32 Å². The van der Waals surface area contributed by atoms with E-state index >= 15 is 0 Å². The van der Waals surface area contributed by atoms with Crippen LogP contribution in [-0.4, -0.2) is 22.0 Å². The monoisotopic (exact) mass is 288 g/mol. The van der Waals surface area contributed by atoms with Crippen LogP contribution in [-0.2, 0) is 5.41 Å². The van der Waals surface area contributed by atoms with Crippen molar-refractivity contribution in [3.8, 4) is 0 Å². The molecule has 0 saturated carbocycles. The van der Waals surface area contributed by atoms with E-state index in [0.29, 0.717) is 0 Å². The first kappa shape index (κ1) is 14.8. The van der Waals surface area contributed by atoms with E-state index in [0.717, 1.165) is 27.3 Å². The van der Waals surface area contributed by atoms with Gasteiger partial charge in [-0.15, -0.1) is 0 Å².